The Kier molecular flexibility index (Phi) is 1.26. The molecule has 0 bridgehead atoms. The lowest BCUT2D eigenvalue weighted by Gasteiger charge is -2.08. The molecule has 0 fully saturated rings. The number of carbonyl (C=O) groups excluding carboxylic acids is 1. The Morgan fingerprint density at radius 1 is 2.00 bits per heavy atom. The predicted molar refractivity (Wildman–Crippen MR) is 27.3 cm³/mol. The molecule has 4 nitrogen and oxygen atoms in total. The van der Waals surface area contributed by atoms with E-state index in [-0.39, 0.29) is 0 Å². The van der Waals surface area contributed by atoms with Gasteiger partial charge in [-0.15, -0.1) is 0 Å². The van der Waals surface area contributed by atoms with Crippen LogP contribution in [-0.4, -0.2) is 23.3 Å². The number of hydrogen-bond donors (Lipinski definition) is 2. The van der Waals surface area contributed by atoms with Crippen molar-refractivity contribution < 1.29 is 9.90 Å². The Hall–Kier alpha value is -0.900. The highest BCUT2D eigenvalue weighted by Crippen LogP contribution is 1.91. The van der Waals surface area contributed by atoms with Crippen LogP contribution in [0.3, 0.4) is 0 Å². The topological polar surface area (TPSA) is 61.7 Å². The summed E-state index contributed by atoms with van der Waals surface area (Å²) in [5, 5.41) is 12.1. The van der Waals surface area contributed by atoms with E-state index in [1.54, 1.807) is 0 Å². The van der Waals surface area contributed by atoms with E-state index in [9.17, 15) is 4.79 Å². The van der Waals surface area contributed by atoms with Gasteiger partial charge in [0.1, 0.15) is 6.10 Å². The van der Waals surface area contributed by atoms with E-state index >= 15 is 0 Å². The van der Waals surface area contributed by atoms with Crippen LogP contribution in [0.4, 0.5) is 0 Å². The number of hydrazone groups is 1. The zero-order valence-corrected chi connectivity index (χ0v) is 4.16. The molecule has 0 aromatic heterocycles. The van der Waals surface area contributed by atoms with E-state index in [4.69, 9.17) is 5.11 Å². The quantitative estimate of drug-likeness (QED) is 0.418. The molecule has 0 aliphatic carbocycles. The molecule has 0 aromatic rings. The third-order valence-electron chi connectivity index (χ3n) is 0.897. The average molecular weight is 114 g/mol. The summed E-state index contributed by atoms with van der Waals surface area (Å²) in [5.74, 6) is -0.424. The summed E-state index contributed by atoms with van der Waals surface area (Å²) in [4.78, 5) is 10.3. The number of aliphatic hydroxyl groups is 1. The molecule has 1 amide bonds. The van der Waals surface area contributed by atoms with Crippen molar-refractivity contribution >= 4 is 12.1 Å². The molecule has 0 spiro atoms. The van der Waals surface area contributed by atoms with Crippen LogP contribution in [0.15, 0.2) is 5.10 Å². The van der Waals surface area contributed by atoms with Crippen molar-refractivity contribution in [1.29, 1.82) is 0 Å². The molecule has 1 aliphatic rings. The lowest BCUT2D eigenvalue weighted by atomic mass is 10.2. The van der Waals surface area contributed by atoms with Crippen LogP contribution in [0.2, 0.25) is 0 Å². The molecule has 2 N–H and O–H groups in total. The molecule has 0 saturated heterocycles. The van der Waals surface area contributed by atoms with Crippen molar-refractivity contribution in [2.24, 2.45) is 5.10 Å². The lowest BCUT2D eigenvalue weighted by molar-refractivity contribution is -0.129. The molecule has 4 heteroatoms. The molecule has 1 heterocycles. The molecule has 44 valence electrons. The van der Waals surface area contributed by atoms with Crippen LogP contribution in [0.1, 0.15) is 6.42 Å². The maximum atomic E-state index is 10.3. The van der Waals surface area contributed by atoms with E-state index in [1.807, 2.05) is 0 Å². The van der Waals surface area contributed by atoms with E-state index in [2.05, 4.69) is 10.5 Å². The highest BCUT2D eigenvalue weighted by Gasteiger charge is 2.15. The van der Waals surface area contributed by atoms with Crippen LogP contribution in [-0.2, 0) is 4.79 Å². The molecule has 1 aliphatic heterocycles. The second-order valence-corrected chi connectivity index (χ2v) is 1.54. The molecular weight excluding hydrogens is 108 g/mol. The summed E-state index contributed by atoms with van der Waals surface area (Å²) in [6, 6.07) is 0. The van der Waals surface area contributed by atoms with Crippen LogP contribution in [0.25, 0.3) is 0 Å². The van der Waals surface area contributed by atoms with Crippen molar-refractivity contribution in [2.75, 3.05) is 0 Å². The average Bonchev–Trinajstić information content (AvgIpc) is 1.77. The molecular formula is C4H6N2O2. The minimum absolute atomic E-state index is 0.325. The number of nitrogens with zero attached hydrogens (tertiary/aromatic N) is 1. The Labute approximate surface area is 46.2 Å². The van der Waals surface area contributed by atoms with Gasteiger partial charge in [0.25, 0.3) is 5.91 Å². The van der Waals surface area contributed by atoms with Crippen molar-refractivity contribution in [2.45, 2.75) is 12.5 Å². The predicted octanol–water partition coefficient (Wildman–Crippen LogP) is -1.15. The second-order valence-electron chi connectivity index (χ2n) is 1.54. The first kappa shape index (κ1) is 5.24. The molecule has 1 unspecified atom stereocenters. The Morgan fingerprint density at radius 2 is 2.75 bits per heavy atom. The third-order valence-corrected chi connectivity index (χ3v) is 0.897. The van der Waals surface area contributed by atoms with Gasteiger partial charge in [-0.2, -0.15) is 5.10 Å². The van der Waals surface area contributed by atoms with Crippen LogP contribution < -0.4 is 5.43 Å². The van der Waals surface area contributed by atoms with Crippen LogP contribution in [0.5, 0.6) is 0 Å². The van der Waals surface area contributed by atoms with Crippen LogP contribution in [0, 0.1) is 0 Å². The first-order chi connectivity index (χ1) is 3.80. The molecule has 0 saturated carbocycles. The van der Waals surface area contributed by atoms with Crippen molar-refractivity contribution in [3.8, 4) is 0 Å². The van der Waals surface area contributed by atoms with Gasteiger partial charge in [0.05, 0.1) is 0 Å². The molecule has 1 rings (SSSR count). The maximum Gasteiger partial charge on any atom is 0.269 e. The summed E-state index contributed by atoms with van der Waals surface area (Å²) >= 11 is 0. The number of aliphatic hydroxyl groups excluding tert-OH is 1. The van der Waals surface area contributed by atoms with Gasteiger partial charge in [-0.1, -0.05) is 0 Å². The lowest BCUT2D eigenvalue weighted by Crippen LogP contribution is -2.34. The fourth-order valence-electron chi connectivity index (χ4n) is 0.443. The summed E-state index contributed by atoms with van der Waals surface area (Å²) in [6.07, 6.45) is 0.894. The number of nitrogens with one attached hydrogen (secondary N) is 1. The van der Waals surface area contributed by atoms with Gasteiger partial charge in [-0.25, -0.2) is 5.43 Å². The van der Waals surface area contributed by atoms with Crippen molar-refractivity contribution in [3.63, 3.8) is 0 Å². The summed E-state index contributed by atoms with van der Waals surface area (Å²) in [7, 11) is 0. The third kappa shape index (κ3) is 0.840. The summed E-state index contributed by atoms with van der Waals surface area (Å²) in [6.45, 7) is 0. The van der Waals surface area contributed by atoms with E-state index < -0.39 is 12.0 Å². The Balaban J connectivity index is 2.57. The maximum absolute atomic E-state index is 10.3. The SMILES string of the molecule is O=C1NN=CCC1O. The van der Waals surface area contributed by atoms with Gasteiger partial charge >= 0.3 is 0 Å². The fourth-order valence-corrected chi connectivity index (χ4v) is 0.443. The minimum atomic E-state index is -0.896. The van der Waals surface area contributed by atoms with E-state index in [0.29, 0.717) is 6.42 Å². The van der Waals surface area contributed by atoms with Gasteiger partial charge < -0.3 is 5.11 Å². The van der Waals surface area contributed by atoms with E-state index in [1.165, 1.54) is 6.21 Å². The zero-order chi connectivity index (χ0) is 5.98. The Bertz CT molecular complexity index is 132. The van der Waals surface area contributed by atoms with E-state index in [0.717, 1.165) is 0 Å². The van der Waals surface area contributed by atoms with Crippen LogP contribution >= 0.6 is 0 Å². The van der Waals surface area contributed by atoms with Gasteiger partial charge in [-0.3, -0.25) is 4.79 Å². The molecule has 8 heavy (non-hydrogen) atoms. The van der Waals surface area contributed by atoms with Crippen molar-refractivity contribution in [1.82, 2.24) is 5.43 Å². The van der Waals surface area contributed by atoms with Gasteiger partial charge in [-0.05, 0) is 0 Å². The van der Waals surface area contributed by atoms with Crippen molar-refractivity contribution in [3.05, 3.63) is 0 Å². The number of amides is 1. The fraction of sp³-hybridized carbons (Fsp3) is 0.500. The zero-order valence-electron chi connectivity index (χ0n) is 4.16. The summed E-state index contributed by atoms with van der Waals surface area (Å²) in [5.41, 5.74) is 2.11. The molecule has 0 aromatic carbocycles. The monoisotopic (exact) mass is 114 g/mol. The van der Waals surface area contributed by atoms with Gasteiger partial charge in [0.15, 0.2) is 0 Å². The van der Waals surface area contributed by atoms with Gasteiger partial charge in [0, 0.05) is 12.6 Å². The normalized spacial score (nSPS) is 27.6. The molecule has 1 atom stereocenters. The Morgan fingerprint density at radius 3 is 3.12 bits per heavy atom. The smallest absolute Gasteiger partial charge is 0.269 e. The molecule has 0 radical (unpaired) electrons. The first-order valence-electron chi connectivity index (χ1n) is 2.30. The second kappa shape index (κ2) is 1.92. The highest BCUT2D eigenvalue weighted by molar-refractivity contribution is 5.86. The first-order valence-corrected chi connectivity index (χ1v) is 2.30. The summed E-state index contributed by atoms with van der Waals surface area (Å²) < 4.78 is 0. The minimum Gasteiger partial charge on any atom is -0.383 e. The highest BCUT2D eigenvalue weighted by atomic mass is 16.3. The standard InChI is InChI=1S/C4H6N2O2/c7-3-1-2-5-6-4(3)8/h2-3,7H,1H2,(H,6,8). The van der Waals surface area contributed by atoms with Gasteiger partial charge in [0.2, 0.25) is 0 Å². The number of carbonyl (C=O) groups is 1. The number of rotatable bonds is 0. The largest absolute Gasteiger partial charge is 0.383 e. The number of hydrogen-bond acceptors (Lipinski definition) is 3.